The van der Waals surface area contributed by atoms with E-state index in [0.717, 1.165) is 11.6 Å². The molecule has 1 aromatic heterocycles. The van der Waals surface area contributed by atoms with Gasteiger partial charge in [-0.25, -0.2) is 4.39 Å². The number of halogens is 2. The number of fused-ring (bicyclic) bond motifs is 1. The van der Waals surface area contributed by atoms with Crippen LogP contribution < -0.4 is 5.32 Å². The first-order chi connectivity index (χ1) is 15.6. The summed E-state index contributed by atoms with van der Waals surface area (Å²) in [5, 5.41) is 12.9. The smallest absolute Gasteiger partial charge is 0.271 e. The maximum Gasteiger partial charge on any atom is 0.271 e. The molecule has 1 fully saturated rings. The maximum atomic E-state index is 14.7. The summed E-state index contributed by atoms with van der Waals surface area (Å²) in [5.41, 5.74) is 0.755. The van der Waals surface area contributed by atoms with Crippen LogP contribution in [0.4, 0.5) is 4.39 Å². The van der Waals surface area contributed by atoms with Crippen LogP contribution in [0, 0.1) is 5.82 Å². The van der Waals surface area contributed by atoms with Gasteiger partial charge in [-0.1, -0.05) is 23.7 Å². The van der Waals surface area contributed by atoms with Gasteiger partial charge in [-0.05, 0) is 44.4 Å². The Morgan fingerprint density at radius 2 is 1.94 bits per heavy atom. The first-order valence-corrected chi connectivity index (χ1v) is 12.3. The van der Waals surface area contributed by atoms with Crippen molar-refractivity contribution in [3.8, 4) is 0 Å². The van der Waals surface area contributed by atoms with E-state index in [9.17, 15) is 23.3 Å². The topological polar surface area (TPSA) is 91.6 Å². The van der Waals surface area contributed by atoms with Crippen molar-refractivity contribution in [2.24, 2.45) is 0 Å². The van der Waals surface area contributed by atoms with E-state index in [0.29, 0.717) is 17.9 Å². The molecule has 2 aromatic rings. The third-order valence-corrected chi connectivity index (χ3v) is 9.00. The summed E-state index contributed by atoms with van der Waals surface area (Å²) < 4.78 is 27.9. The number of carbonyl (C=O) groups is 2. The Balaban J connectivity index is 1.48. The molecule has 0 radical (unpaired) electrons. The second-order valence-corrected chi connectivity index (χ2v) is 12.2. The molecular weight excluding hydrogens is 469 g/mol. The summed E-state index contributed by atoms with van der Waals surface area (Å²) in [4.78, 5) is 27.4. The van der Waals surface area contributed by atoms with Crippen molar-refractivity contribution in [2.75, 3.05) is 19.7 Å². The van der Waals surface area contributed by atoms with Gasteiger partial charge in [0.25, 0.3) is 11.8 Å². The summed E-state index contributed by atoms with van der Waals surface area (Å²) in [6.45, 7) is 4.32. The summed E-state index contributed by atoms with van der Waals surface area (Å²) in [7, 11) is -1.33. The van der Waals surface area contributed by atoms with Gasteiger partial charge in [0, 0.05) is 48.1 Å². The molecule has 1 unspecified atom stereocenters. The molecule has 0 saturated heterocycles. The van der Waals surface area contributed by atoms with Crippen LogP contribution in [-0.2, 0) is 23.9 Å². The largest absolute Gasteiger partial charge is 0.395 e. The Hall–Kier alpha value is -2.23. The van der Waals surface area contributed by atoms with Crippen molar-refractivity contribution < 1.29 is 23.3 Å². The van der Waals surface area contributed by atoms with Crippen molar-refractivity contribution >= 4 is 34.2 Å². The molecule has 178 valence electrons. The highest BCUT2D eigenvalue weighted by Gasteiger charge is 2.54. The third kappa shape index (κ3) is 4.58. The van der Waals surface area contributed by atoms with E-state index in [1.807, 2.05) is 0 Å². The number of benzene rings is 1. The zero-order chi connectivity index (χ0) is 24.0. The molecule has 1 aliphatic heterocycles. The van der Waals surface area contributed by atoms with Crippen LogP contribution >= 0.6 is 11.6 Å². The minimum absolute atomic E-state index is 0.110. The van der Waals surface area contributed by atoms with Crippen LogP contribution in [0.25, 0.3) is 0 Å². The summed E-state index contributed by atoms with van der Waals surface area (Å²) in [5.74, 6) is -1.73. The molecule has 10 heteroatoms. The molecule has 1 atom stereocenters. The predicted octanol–water partition coefficient (Wildman–Crippen LogP) is 2.72. The van der Waals surface area contributed by atoms with Crippen molar-refractivity contribution in [1.82, 2.24) is 14.8 Å². The van der Waals surface area contributed by atoms with E-state index in [4.69, 9.17) is 11.6 Å². The van der Waals surface area contributed by atoms with Gasteiger partial charge in [0.1, 0.15) is 11.4 Å². The number of carbonyl (C=O) groups excluding carboxylic acids is 2. The zero-order valence-electron chi connectivity index (χ0n) is 18.6. The van der Waals surface area contributed by atoms with Gasteiger partial charge in [0.15, 0.2) is 5.82 Å². The molecule has 2 aliphatic rings. The van der Waals surface area contributed by atoms with E-state index < -0.39 is 32.0 Å². The minimum Gasteiger partial charge on any atom is -0.395 e. The molecule has 7 nitrogen and oxygen atoms in total. The highest BCUT2D eigenvalue weighted by atomic mass is 35.5. The van der Waals surface area contributed by atoms with Gasteiger partial charge in [-0.15, -0.1) is 0 Å². The van der Waals surface area contributed by atoms with Gasteiger partial charge >= 0.3 is 0 Å². The van der Waals surface area contributed by atoms with E-state index in [1.165, 1.54) is 4.57 Å². The molecule has 1 aromatic carbocycles. The average Bonchev–Trinajstić information content (AvgIpc) is 3.49. The molecule has 1 aliphatic carbocycles. The third-order valence-electron chi connectivity index (χ3n) is 6.29. The van der Waals surface area contributed by atoms with Crippen molar-refractivity contribution in [3.63, 3.8) is 0 Å². The molecule has 2 N–H and O–H groups in total. The lowest BCUT2D eigenvalue weighted by Gasteiger charge is -2.34. The Morgan fingerprint density at radius 3 is 2.55 bits per heavy atom. The second kappa shape index (κ2) is 8.85. The number of hydrogen-bond donors (Lipinski definition) is 2. The number of aromatic nitrogens is 1. The highest BCUT2D eigenvalue weighted by Crippen LogP contribution is 2.46. The van der Waals surface area contributed by atoms with Crippen LogP contribution in [0.2, 0.25) is 5.02 Å². The minimum atomic E-state index is -1.33. The number of nitrogens with one attached hydrogen (secondary N) is 1. The lowest BCUT2D eigenvalue weighted by molar-refractivity contribution is 0.0698. The number of aliphatic hydroxyl groups excluding tert-OH is 1. The standard InChI is InChI=1S/C23H27ClFN3O4S/c1-22(2,14-29)33(32)23(7-8-23)13-27-9-10-28-18(21(27)31)11-17(25)19(28)20(30)26-12-15-3-5-16(24)6-4-15/h3-6,11,29H,7-10,12-14H2,1-2H3,(H,26,30). The summed E-state index contributed by atoms with van der Waals surface area (Å²) >= 11 is 5.87. The summed E-state index contributed by atoms with van der Waals surface area (Å²) in [6.07, 6.45) is 1.42. The van der Waals surface area contributed by atoms with Gasteiger partial charge in [-0.2, -0.15) is 0 Å². The predicted molar refractivity (Wildman–Crippen MR) is 124 cm³/mol. The molecular formula is C23H27ClFN3O4S. The fraction of sp³-hybridized carbons (Fsp3) is 0.478. The first-order valence-electron chi connectivity index (χ1n) is 10.8. The lowest BCUT2D eigenvalue weighted by Crippen LogP contribution is -2.49. The molecule has 1 saturated carbocycles. The number of hydrogen-bond acceptors (Lipinski definition) is 4. The van der Waals surface area contributed by atoms with E-state index in [2.05, 4.69) is 5.32 Å². The number of nitrogens with zero attached hydrogens (tertiary/aromatic N) is 2. The van der Waals surface area contributed by atoms with Crippen LogP contribution in [-0.4, -0.2) is 59.8 Å². The highest BCUT2D eigenvalue weighted by molar-refractivity contribution is 7.88. The van der Waals surface area contributed by atoms with Crippen molar-refractivity contribution in [1.29, 1.82) is 0 Å². The monoisotopic (exact) mass is 495 g/mol. The van der Waals surface area contributed by atoms with Gasteiger partial charge in [0.05, 0.1) is 16.1 Å². The van der Waals surface area contributed by atoms with E-state index in [1.54, 1.807) is 43.0 Å². The van der Waals surface area contributed by atoms with Crippen molar-refractivity contribution in [3.05, 3.63) is 58.1 Å². The fourth-order valence-corrected chi connectivity index (χ4v) is 6.36. The molecule has 4 rings (SSSR count). The van der Waals surface area contributed by atoms with Crippen LogP contribution in [0.3, 0.4) is 0 Å². The summed E-state index contributed by atoms with van der Waals surface area (Å²) in [6, 6.07) is 8.04. The Kier molecular flexibility index (Phi) is 6.41. The Morgan fingerprint density at radius 1 is 1.27 bits per heavy atom. The molecule has 0 bridgehead atoms. The Bertz CT molecular complexity index is 1110. The number of amides is 2. The Labute approximate surface area is 199 Å². The van der Waals surface area contributed by atoms with Gasteiger partial charge in [0.2, 0.25) is 0 Å². The number of aliphatic hydroxyl groups is 1. The van der Waals surface area contributed by atoms with E-state index in [-0.39, 0.29) is 50.1 Å². The molecule has 0 spiro atoms. The van der Waals surface area contributed by atoms with Crippen LogP contribution in [0.15, 0.2) is 30.3 Å². The molecule has 2 heterocycles. The van der Waals surface area contributed by atoms with Gasteiger partial charge < -0.3 is 19.9 Å². The van der Waals surface area contributed by atoms with E-state index >= 15 is 0 Å². The SMILES string of the molecule is CC(C)(CO)S(=O)C1(CN2CCn3c(cc(F)c3C(=O)NCc3ccc(Cl)cc3)C2=O)CC1. The quantitative estimate of drug-likeness (QED) is 0.589. The molecule has 33 heavy (non-hydrogen) atoms. The zero-order valence-corrected chi connectivity index (χ0v) is 20.1. The lowest BCUT2D eigenvalue weighted by atomic mass is 10.2. The average molecular weight is 496 g/mol. The van der Waals surface area contributed by atoms with Crippen LogP contribution in [0.1, 0.15) is 53.2 Å². The second-order valence-electron chi connectivity index (χ2n) is 9.28. The maximum absolute atomic E-state index is 14.7. The fourth-order valence-electron chi connectivity index (χ4n) is 4.19. The first kappa shape index (κ1) is 23.9. The van der Waals surface area contributed by atoms with Gasteiger partial charge in [-0.3, -0.25) is 13.8 Å². The van der Waals surface area contributed by atoms with Crippen molar-refractivity contribution in [2.45, 2.75) is 49.3 Å². The molecule has 2 amide bonds. The normalized spacial score (nSPS) is 18.1. The van der Waals surface area contributed by atoms with Crippen LogP contribution in [0.5, 0.6) is 0 Å². The number of rotatable bonds is 8.